The monoisotopic (exact) mass is 318 g/mol. The Labute approximate surface area is 140 Å². The largest absolute Gasteiger partial charge is 0.496 e. The van der Waals surface area contributed by atoms with Crippen LogP contribution in [0.25, 0.3) is 0 Å². The summed E-state index contributed by atoms with van der Waals surface area (Å²) in [6.45, 7) is 5.60. The Morgan fingerprint density at radius 3 is 2.70 bits per heavy atom. The van der Waals surface area contributed by atoms with Crippen molar-refractivity contribution < 1.29 is 9.47 Å². The first-order valence-corrected chi connectivity index (χ1v) is 9.04. The van der Waals surface area contributed by atoms with Gasteiger partial charge in [-0.25, -0.2) is 0 Å². The smallest absolute Gasteiger partial charge is 0.123 e. The summed E-state index contributed by atoms with van der Waals surface area (Å²) in [4.78, 5) is 2.44. The molecule has 2 aliphatic rings. The van der Waals surface area contributed by atoms with Gasteiger partial charge in [-0.05, 0) is 30.5 Å². The van der Waals surface area contributed by atoms with Crippen molar-refractivity contribution in [3.05, 3.63) is 29.3 Å². The number of morpholine rings is 1. The predicted molar refractivity (Wildman–Crippen MR) is 92.8 cm³/mol. The van der Waals surface area contributed by atoms with Crippen LogP contribution in [0, 0.1) is 0 Å². The third-order valence-electron chi connectivity index (χ3n) is 5.04. The maximum absolute atomic E-state index is 5.56. The SMILES string of the molecule is COc1ccc(CNC2CCCCC2)cc1CN1CCOCC1. The number of ether oxygens (including phenoxy) is 2. The first-order valence-electron chi connectivity index (χ1n) is 9.04. The zero-order chi connectivity index (χ0) is 15.9. The van der Waals surface area contributed by atoms with Crippen molar-refractivity contribution in [2.75, 3.05) is 33.4 Å². The number of nitrogens with one attached hydrogen (secondary N) is 1. The first-order chi connectivity index (χ1) is 11.3. The Hall–Kier alpha value is -1.10. The molecule has 1 aromatic rings. The molecule has 0 unspecified atom stereocenters. The summed E-state index contributed by atoms with van der Waals surface area (Å²) in [6.07, 6.45) is 6.82. The van der Waals surface area contributed by atoms with Gasteiger partial charge in [0, 0.05) is 37.8 Å². The number of hydrogen-bond donors (Lipinski definition) is 1. The molecule has 0 atom stereocenters. The van der Waals surface area contributed by atoms with E-state index in [0.717, 1.165) is 45.1 Å². The second kappa shape index (κ2) is 8.67. The van der Waals surface area contributed by atoms with Crippen LogP contribution in [0.4, 0.5) is 0 Å². The molecule has 1 aliphatic carbocycles. The lowest BCUT2D eigenvalue weighted by atomic mass is 9.95. The van der Waals surface area contributed by atoms with E-state index < -0.39 is 0 Å². The lowest BCUT2D eigenvalue weighted by Gasteiger charge is -2.27. The van der Waals surface area contributed by atoms with Crippen LogP contribution in [-0.4, -0.2) is 44.4 Å². The molecule has 0 amide bonds. The van der Waals surface area contributed by atoms with Gasteiger partial charge in [0.15, 0.2) is 0 Å². The van der Waals surface area contributed by atoms with Crippen molar-refractivity contribution in [1.82, 2.24) is 10.2 Å². The van der Waals surface area contributed by atoms with E-state index >= 15 is 0 Å². The molecule has 0 radical (unpaired) electrons. The molecule has 0 bridgehead atoms. The molecule has 1 aliphatic heterocycles. The average Bonchev–Trinajstić information content (AvgIpc) is 2.62. The Morgan fingerprint density at radius 2 is 1.96 bits per heavy atom. The fraction of sp³-hybridized carbons (Fsp3) is 0.684. The summed E-state index contributed by atoms with van der Waals surface area (Å²) in [5, 5.41) is 3.73. The fourth-order valence-corrected chi connectivity index (χ4v) is 3.63. The van der Waals surface area contributed by atoms with Gasteiger partial charge in [-0.15, -0.1) is 0 Å². The van der Waals surface area contributed by atoms with Crippen LogP contribution >= 0.6 is 0 Å². The highest BCUT2D eigenvalue weighted by Crippen LogP contribution is 2.23. The van der Waals surface area contributed by atoms with Crippen molar-refractivity contribution in [1.29, 1.82) is 0 Å². The lowest BCUT2D eigenvalue weighted by molar-refractivity contribution is 0.0339. The summed E-state index contributed by atoms with van der Waals surface area (Å²) in [5.41, 5.74) is 2.65. The molecule has 0 spiro atoms. The molecule has 128 valence electrons. The lowest BCUT2D eigenvalue weighted by Crippen LogP contribution is -2.35. The second-order valence-corrected chi connectivity index (χ2v) is 6.75. The number of rotatable bonds is 6. The van der Waals surface area contributed by atoms with E-state index in [9.17, 15) is 0 Å². The quantitative estimate of drug-likeness (QED) is 0.874. The Bertz CT molecular complexity index is 480. The van der Waals surface area contributed by atoms with E-state index in [4.69, 9.17) is 9.47 Å². The molecule has 0 aromatic heterocycles. The molecule has 1 N–H and O–H groups in total. The van der Waals surface area contributed by atoms with Gasteiger partial charge in [0.05, 0.1) is 20.3 Å². The fourth-order valence-electron chi connectivity index (χ4n) is 3.63. The van der Waals surface area contributed by atoms with Crippen molar-refractivity contribution in [2.24, 2.45) is 0 Å². The predicted octanol–water partition coefficient (Wildman–Crippen LogP) is 2.95. The average molecular weight is 318 g/mol. The van der Waals surface area contributed by atoms with E-state index in [1.165, 1.54) is 43.2 Å². The Balaban J connectivity index is 1.60. The van der Waals surface area contributed by atoms with Gasteiger partial charge in [0.1, 0.15) is 5.75 Å². The van der Waals surface area contributed by atoms with Crippen molar-refractivity contribution >= 4 is 0 Å². The molecular weight excluding hydrogens is 288 g/mol. The Morgan fingerprint density at radius 1 is 1.17 bits per heavy atom. The summed E-state index contributed by atoms with van der Waals surface area (Å²) < 4.78 is 11.0. The topological polar surface area (TPSA) is 33.7 Å². The summed E-state index contributed by atoms with van der Waals surface area (Å²) in [7, 11) is 1.76. The Kier molecular flexibility index (Phi) is 6.31. The third-order valence-corrected chi connectivity index (χ3v) is 5.04. The number of nitrogens with zero attached hydrogens (tertiary/aromatic N) is 1. The highest BCUT2D eigenvalue weighted by Gasteiger charge is 2.15. The van der Waals surface area contributed by atoms with Crippen LogP contribution in [0.15, 0.2) is 18.2 Å². The number of benzene rings is 1. The zero-order valence-corrected chi connectivity index (χ0v) is 14.4. The van der Waals surface area contributed by atoms with Gasteiger partial charge in [0.25, 0.3) is 0 Å². The van der Waals surface area contributed by atoms with Gasteiger partial charge in [-0.2, -0.15) is 0 Å². The number of methoxy groups -OCH3 is 1. The molecule has 3 rings (SSSR count). The van der Waals surface area contributed by atoms with Crippen molar-refractivity contribution in [2.45, 2.75) is 51.2 Å². The highest BCUT2D eigenvalue weighted by atomic mass is 16.5. The summed E-state index contributed by atoms with van der Waals surface area (Å²) >= 11 is 0. The molecule has 4 heteroatoms. The molecule has 23 heavy (non-hydrogen) atoms. The molecule has 1 saturated heterocycles. The number of hydrogen-bond acceptors (Lipinski definition) is 4. The normalized spacial score (nSPS) is 20.6. The van der Waals surface area contributed by atoms with Crippen LogP contribution in [0.1, 0.15) is 43.2 Å². The molecule has 4 nitrogen and oxygen atoms in total. The van der Waals surface area contributed by atoms with Crippen LogP contribution in [0.2, 0.25) is 0 Å². The van der Waals surface area contributed by atoms with Gasteiger partial charge in [-0.1, -0.05) is 25.3 Å². The van der Waals surface area contributed by atoms with Gasteiger partial charge in [-0.3, -0.25) is 4.90 Å². The summed E-state index contributed by atoms with van der Waals surface area (Å²) in [5.74, 6) is 0.998. The van der Waals surface area contributed by atoms with Crippen LogP contribution in [0.3, 0.4) is 0 Å². The van der Waals surface area contributed by atoms with E-state index in [1.807, 2.05) is 0 Å². The molecule has 1 saturated carbocycles. The highest BCUT2D eigenvalue weighted by molar-refractivity contribution is 5.37. The maximum atomic E-state index is 5.56. The zero-order valence-electron chi connectivity index (χ0n) is 14.4. The van der Waals surface area contributed by atoms with Crippen LogP contribution < -0.4 is 10.1 Å². The van der Waals surface area contributed by atoms with Crippen LogP contribution in [-0.2, 0) is 17.8 Å². The molecular formula is C19H30N2O2. The molecule has 2 fully saturated rings. The van der Waals surface area contributed by atoms with Crippen molar-refractivity contribution in [3.8, 4) is 5.75 Å². The van der Waals surface area contributed by atoms with Gasteiger partial charge < -0.3 is 14.8 Å². The minimum absolute atomic E-state index is 0.702. The van der Waals surface area contributed by atoms with Gasteiger partial charge in [0.2, 0.25) is 0 Å². The minimum atomic E-state index is 0.702. The van der Waals surface area contributed by atoms with E-state index in [1.54, 1.807) is 7.11 Å². The van der Waals surface area contributed by atoms with E-state index in [0.29, 0.717) is 6.04 Å². The molecule has 1 aromatic carbocycles. The summed E-state index contributed by atoms with van der Waals surface area (Å²) in [6, 6.07) is 7.32. The van der Waals surface area contributed by atoms with Crippen molar-refractivity contribution in [3.63, 3.8) is 0 Å². The third kappa shape index (κ3) is 4.93. The van der Waals surface area contributed by atoms with Gasteiger partial charge >= 0.3 is 0 Å². The molecule has 1 heterocycles. The van der Waals surface area contributed by atoms with E-state index in [-0.39, 0.29) is 0 Å². The minimum Gasteiger partial charge on any atom is -0.496 e. The first kappa shape index (κ1) is 16.7. The maximum Gasteiger partial charge on any atom is 0.123 e. The second-order valence-electron chi connectivity index (χ2n) is 6.75. The van der Waals surface area contributed by atoms with Crippen LogP contribution in [0.5, 0.6) is 5.75 Å². The van der Waals surface area contributed by atoms with E-state index in [2.05, 4.69) is 28.4 Å². The standard InChI is InChI=1S/C19H30N2O2/c1-22-19-8-7-16(14-20-18-5-3-2-4-6-18)13-17(19)15-21-9-11-23-12-10-21/h7-8,13,18,20H,2-6,9-12,14-15H2,1H3.